The van der Waals surface area contributed by atoms with Gasteiger partial charge in [-0.15, -0.1) is 0 Å². The summed E-state index contributed by atoms with van der Waals surface area (Å²) in [5.41, 5.74) is 5.77. The van der Waals surface area contributed by atoms with E-state index in [9.17, 15) is 0 Å². The smallest absolute Gasteiger partial charge is 0.378 e. The van der Waals surface area contributed by atoms with Crippen LogP contribution in [0, 0.1) is 5.41 Å². The predicted octanol–water partition coefficient (Wildman–Crippen LogP) is 0.811. The van der Waals surface area contributed by atoms with Crippen molar-refractivity contribution in [2.75, 3.05) is 66.0 Å². The van der Waals surface area contributed by atoms with Crippen LogP contribution in [0.3, 0.4) is 0 Å². The van der Waals surface area contributed by atoms with Crippen LogP contribution in [0.1, 0.15) is 20.8 Å². The molecule has 2 aliphatic rings. The lowest BCUT2D eigenvalue weighted by atomic mass is 9.93. The number of nitrogens with two attached hydrogens (primary N) is 1. The summed E-state index contributed by atoms with van der Waals surface area (Å²) in [6.45, 7) is 11.4. The van der Waals surface area contributed by atoms with Crippen LogP contribution in [0.25, 0.3) is 0 Å². The molecule has 9 heteroatoms. The summed E-state index contributed by atoms with van der Waals surface area (Å²) < 4.78 is 40.3. The summed E-state index contributed by atoms with van der Waals surface area (Å²) in [5.74, 6) is 0. The highest BCUT2D eigenvalue weighted by molar-refractivity contribution is 6.60. The molecule has 0 amide bonds. The molecule has 0 radical (unpaired) electrons. The lowest BCUT2D eigenvalue weighted by Crippen LogP contribution is -2.54. The van der Waals surface area contributed by atoms with Crippen molar-refractivity contribution in [2.24, 2.45) is 11.1 Å². The Morgan fingerprint density at radius 3 is 1.62 bits per heavy atom. The molecule has 0 aromatic rings. The second kappa shape index (κ2) is 11.0. The van der Waals surface area contributed by atoms with Gasteiger partial charge in [-0.3, -0.25) is 0 Å². The first kappa shape index (κ1) is 22.2. The van der Waals surface area contributed by atoms with Gasteiger partial charge in [-0.1, -0.05) is 0 Å². The molecule has 0 aliphatic carbocycles. The summed E-state index contributed by atoms with van der Waals surface area (Å²) in [6, 6.07) is 0.559. The topological polar surface area (TPSA) is 97.2 Å². The maximum absolute atomic E-state index is 6.20. The Hall–Kier alpha value is -0.103. The van der Waals surface area contributed by atoms with E-state index in [1.54, 1.807) is 0 Å². The van der Waals surface area contributed by atoms with E-state index < -0.39 is 14.2 Å². The molecule has 0 spiro atoms. The lowest BCUT2D eigenvalue weighted by molar-refractivity contribution is -0.0294. The Morgan fingerprint density at radius 1 is 0.885 bits per heavy atom. The average Bonchev–Trinajstić information content (AvgIpc) is 3.51. The zero-order valence-electron chi connectivity index (χ0n) is 16.4. The van der Waals surface area contributed by atoms with Crippen molar-refractivity contribution in [3.8, 4) is 0 Å². The molecule has 0 aromatic carbocycles. The van der Waals surface area contributed by atoms with Gasteiger partial charge in [0, 0.05) is 37.8 Å². The van der Waals surface area contributed by atoms with Gasteiger partial charge < -0.3 is 38.0 Å². The summed E-state index contributed by atoms with van der Waals surface area (Å²) >= 11 is 0. The molecule has 2 atom stereocenters. The van der Waals surface area contributed by atoms with Crippen LogP contribution < -0.4 is 5.73 Å². The fraction of sp³-hybridized carbons (Fsp3) is 1.00. The molecule has 2 fully saturated rings. The van der Waals surface area contributed by atoms with E-state index in [2.05, 4.69) is 0 Å². The second-order valence-corrected chi connectivity index (χ2v) is 9.39. The minimum absolute atomic E-state index is 0.207. The highest BCUT2D eigenvalue weighted by atomic mass is 28.4. The van der Waals surface area contributed by atoms with Crippen LogP contribution in [0.15, 0.2) is 0 Å². The molecule has 154 valence electrons. The van der Waals surface area contributed by atoms with Crippen molar-refractivity contribution in [1.82, 2.24) is 0 Å². The number of hydrogen-bond acceptors (Lipinski definition) is 8. The molecule has 2 unspecified atom stereocenters. The minimum Gasteiger partial charge on any atom is -0.378 e. The first-order valence-electron chi connectivity index (χ1n) is 9.61. The summed E-state index contributed by atoms with van der Waals surface area (Å²) in [5, 5.41) is 0. The molecule has 2 saturated heterocycles. The molecular weight excluding hydrogens is 358 g/mol. The van der Waals surface area contributed by atoms with Crippen LogP contribution >= 0.6 is 0 Å². The van der Waals surface area contributed by atoms with E-state index in [-0.39, 0.29) is 12.2 Å². The molecule has 2 N–H and O–H groups in total. The number of epoxide rings is 2. The Kier molecular flexibility index (Phi) is 9.42. The zero-order chi connectivity index (χ0) is 18.9. The maximum atomic E-state index is 6.20. The monoisotopic (exact) mass is 393 g/mol. The van der Waals surface area contributed by atoms with E-state index in [0.29, 0.717) is 58.8 Å². The van der Waals surface area contributed by atoms with Gasteiger partial charge in [0.05, 0.1) is 39.6 Å². The predicted molar refractivity (Wildman–Crippen MR) is 98.0 cm³/mol. The molecule has 0 aromatic heterocycles. The van der Waals surface area contributed by atoms with Crippen molar-refractivity contribution in [3.63, 3.8) is 0 Å². The molecule has 2 rings (SSSR count). The zero-order valence-corrected chi connectivity index (χ0v) is 17.4. The lowest BCUT2D eigenvalue weighted by Gasteiger charge is -2.38. The second-order valence-electron chi connectivity index (χ2n) is 6.80. The van der Waals surface area contributed by atoms with Gasteiger partial charge in [0.1, 0.15) is 12.2 Å². The van der Waals surface area contributed by atoms with Gasteiger partial charge in [0.2, 0.25) is 0 Å². The third-order valence-electron chi connectivity index (χ3n) is 4.35. The van der Waals surface area contributed by atoms with Crippen molar-refractivity contribution in [3.05, 3.63) is 0 Å². The number of rotatable bonds is 17. The largest absolute Gasteiger partial charge is 0.501 e. The molecule has 0 bridgehead atoms. The molecule has 2 aliphatic heterocycles. The normalized spacial score (nSPS) is 24.5. The molecule has 8 nitrogen and oxygen atoms in total. The Bertz CT molecular complexity index is 358. The van der Waals surface area contributed by atoms with E-state index in [4.69, 9.17) is 38.0 Å². The summed E-state index contributed by atoms with van der Waals surface area (Å²) in [7, 11) is -2.88. The Balaban J connectivity index is 2.04. The number of ether oxygens (including phenoxy) is 4. The Morgan fingerprint density at radius 2 is 1.31 bits per heavy atom. The van der Waals surface area contributed by atoms with Gasteiger partial charge in [0.15, 0.2) is 0 Å². The molecule has 2 heterocycles. The van der Waals surface area contributed by atoms with Crippen LogP contribution in [-0.4, -0.2) is 87.0 Å². The van der Waals surface area contributed by atoms with E-state index >= 15 is 0 Å². The van der Waals surface area contributed by atoms with Gasteiger partial charge in [-0.2, -0.15) is 0 Å². The fourth-order valence-electron chi connectivity index (χ4n) is 2.87. The van der Waals surface area contributed by atoms with E-state index in [1.807, 2.05) is 20.8 Å². The SMILES string of the molecule is CCO[Si](CC(CN)(COCC1CO1)COCC1CO1)(OCC)OCC. The molecule has 0 saturated carbocycles. The highest BCUT2D eigenvalue weighted by Gasteiger charge is 2.49. The fourth-order valence-corrected chi connectivity index (χ4v) is 6.02. The Labute approximate surface area is 157 Å². The van der Waals surface area contributed by atoms with Crippen LogP contribution in [0.4, 0.5) is 0 Å². The standard InChI is InChI=1S/C17H35NO7Si/c1-4-23-26(24-5-2,25-6-3)14-17(11-18,12-19-7-15-9-21-15)13-20-8-16-10-22-16/h15-16H,4-14,18H2,1-3H3. The van der Waals surface area contributed by atoms with Crippen LogP contribution in [0.2, 0.25) is 6.04 Å². The van der Waals surface area contributed by atoms with Crippen LogP contribution in [0.5, 0.6) is 0 Å². The average molecular weight is 394 g/mol. The molecular formula is C17H35NO7Si. The van der Waals surface area contributed by atoms with E-state index in [0.717, 1.165) is 13.2 Å². The van der Waals surface area contributed by atoms with E-state index in [1.165, 1.54) is 0 Å². The highest BCUT2D eigenvalue weighted by Crippen LogP contribution is 2.33. The van der Waals surface area contributed by atoms with Crippen molar-refractivity contribution in [1.29, 1.82) is 0 Å². The van der Waals surface area contributed by atoms with Gasteiger partial charge in [-0.25, -0.2) is 0 Å². The minimum atomic E-state index is -2.88. The van der Waals surface area contributed by atoms with Crippen molar-refractivity contribution < 1.29 is 32.2 Å². The third-order valence-corrected chi connectivity index (χ3v) is 7.71. The van der Waals surface area contributed by atoms with Crippen molar-refractivity contribution >= 4 is 8.80 Å². The van der Waals surface area contributed by atoms with Crippen LogP contribution in [-0.2, 0) is 32.2 Å². The maximum Gasteiger partial charge on any atom is 0.501 e. The molecule has 26 heavy (non-hydrogen) atoms. The summed E-state index contributed by atoms with van der Waals surface area (Å²) in [6.07, 6.45) is 0.415. The van der Waals surface area contributed by atoms with Gasteiger partial charge >= 0.3 is 8.80 Å². The summed E-state index contributed by atoms with van der Waals surface area (Å²) in [4.78, 5) is 0. The van der Waals surface area contributed by atoms with Gasteiger partial charge in [0.25, 0.3) is 0 Å². The van der Waals surface area contributed by atoms with Crippen molar-refractivity contribution in [2.45, 2.75) is 39.0 Å². The quantitative estimate of drug-likeness (QED) is 0.286. The number of hydrogen-bond donors (Lipinski definition) is 1. The first-order chi connectivity index (χ1) is 12.6. The third kappa shape index (κ3) is 7.49. The van der Waals surface area contributed by atoms with Gasteiger partial charge in [-0.05, 0) is 20.8 Å². The first-order valence-corrected chi connectivity index (χ1v) is 11.5.